The Morgan fingerprint density at radius 3 is 2.22 bits per heavy atom. The Kier molecular flexibility index (Phi) is 5.07. The average molecular weight is 256 g/mol. The lowest BCUT2D eigenvalue weighted by Gasteiger charge is -2.16. The first-order chi connectivity index (χ1) is 8.40. The van der Waals surface area contributed by atoms with Gasteiger partial charge >= 0.3 is 6.03 Å². The van der Waals surface area contributed by atoms with Crippen LogP contribution in [0.25, 0.3) is 0 Å². The normalized spacial score (nSPS) is 12.3. The number of carbonyl (C=O) groups excluding carboxylic acids is 1. The van der Waals surface area contributed by atoms with Gasteiger partial charge in [0, 0.05) is 17.6 Å². The van der Waals surface area contributed by atoms with E-state index >= 15 is 0 Å². The highest BCUT2D eigenvalue weighted by atomic mass is 19.1. The van der Waals surface area contributed by atoms with Crippen molar-refractivity contribution in [3.05, 3.63) is 35.4 Å². The van der Waals surface area contributed by atoms with E-state index in [4.69, 9.17) is 0 Å². The zero-order valence-electron chi connectivity index (χ0n) is 10.8. The Morgan fingerprint density at radius 2 is 1.72 bits per heavy atom. The molecule has 1 atom stereocenters. The van der Waals surface area contributed by atoms with Gasteiger partial charge in [-0.25, -0.2) is 13.6 Å². The highest BCUT2D eigenvalue weighted by molar-refractivity contribution is 5.74. The van der Waals surface area contributed by atoms with Crippen LogP contribution in [-0.2, 0) is 6.42 Å². The summed E-state index contributed by atoms with van der Waals surface area (Å²) < 4.78 is 26.8. The van der Waals surface area contributed by atoms with Crippen molar-refractivity contribution in [2.75, 3.05) is 0 Å². The fourth-order valence-corrected chi connectivity index (χ4v) is 1.61. The second kappa shape index (κ2) is 6.33. The van der Waals surface area contributed by atoms with Gasteiger partial charge in [0.2, 0.25) is 0 Å². The lowest BCUT2D eigenvalue weighted by atomic mass is 10.1. The molecule has 100 valence electrons. The van der Waals surface area contributed by atoms with Gasteiger partial charge in [-0.15, -0.1) is 0 Å². The van der Waals surface area contributed by atoms with Crippen molar-refractivity contribution in [3.8, 4) is 0 Å². The molecule has 0 bridgehead atoms. The van der Waals surface area contributed by atoms with Gasteiger partial charge < -0.3 is 10.6 Å². The molecule has 0 aromatic heterocycles. The number of hydrogen-bond donors (Lipinski definition) is 2. The number of rotatable bonds is 4. The fourth-order valence-electron chi connectivity index (χ4n) is 1.61. The average Bonchev–Trinajstić information content (AvgIpc) is 2.22. The molecule has 0 saturated heterocycles. The number of amides is 2. The summed E-state index contributed by atoms with van der Waals surface area (Å²) in [5.74, 6) is -1.18. The Morgan fingerprint density at radius 1 is 1.17 bits per heavy atom. The minimum absolute atomic E-state index is 0.00477. The van der Waals surface area contributed by atoms with E-state index in [0.717, 1.165) is 0 Å². The van der Waals surface area contributed by atoms with Crippen LogP contribution in [0.1, 0.15) is 26.3 Å². The zero-order valence-corrected chi connectivity index (χ0v) is 10.8. The standard InChI is InChI=1S/C13H18F2N2O/c1-8(2)16-13(18)17-9(3)7-10-11(14)5-4-6-12(10)15/h4-6,8-9H,7H2,1-3H3,(H2,16,17,18). The molecule has 0 radical (unpaired) electrons. The van der Waals surface area contributed by atoms with Crippen molar-refractivity contribution in [1.82, 2.24) is 10.6 Å². The number of halogens is 2. The first-order valence-corrected chi connectivity index (χ1v) is 5.90. The van der Waals surface area contributed by atoms with E-state index in [0.29, 0.717) is 0 Å². The van der Waals surface area contributed by atoms with Crippen molar-refractivity contribution in [2.24, 2.45) is 0 Å². The third-order valence-corrected chi connectivity index (χ3v) is 2.37. The number of hydrogen-bond acceptors (Lipinski definition) is 1. The molecule has 1 unspecified atom stereocenters. The molecule has 2 N–H and O–H groups in total. The van der Waals surface area contributed by atoms with Crippen LogP contribution in [0.2, 0.25) is 0 Å². The SMILES string of the molecule is CC(C)NC(=O)NC(C)Cc1c(F)cccc1F. The maximum Gasteiger partial charge on any atom is 0.315 e. The molecular formula is C13H18F2N2O. The van der Waals surface area contributed by atoms with Crippen LogP contribution in [0, 0.1) is 11.6 Å². The Balaban J connectivity index is 2.59. The highest BCUT2D eigenvalue weighted by Crippen LogP contribution is 2.13. The Labute approximate surface area is 106 Å². The minimum Gasteiger partial charge on any atom is -0.336 e. The third-order valence-electron chi connectivity index (χ3n) is 2.37. The molecule has 1 aromatic carbocycles. The molecule has 0 aliphatic heterocycles. The molecule has 1 rings (SSSR count). The van der Waals surface area contributed by atoms with Crippen LogP contribution >= 0.6 is 0 Å². The van der Waals surface area contributed by atoms with Crippen LogP contribution in [0.15, 0.2) is 18.2 Å². The van der Waals surface area contributed by atoms with Crippen molar-refractivity contribution >= 4 is 6.03 Å². The summed E-state index contributed by atoms with van der Waals surface area (Å²) in [6.45, 7) is 5.37. The summed E-state index contributed by atoms with van der Waals surface area (Å²) in [6, 6.07) is 3.06. The van der Waals surface area contributed by atoms with Gasteiger partial charge in [0.15, 0.2) is 0 Å². The molecule has 2 amide bonds. The van der Waals surface area contributed by atoms with E-state index in [1.807, 2.05) is 13.8 Å². The number of urea groups is 1. The van der Waals surface area contributed by atoms with Gasteiger partial charge in [-0.2, -0.15) is 0 Å². The van der Waals surface area contributed by atoms with Crippen LogP contribution < -0.4 is 10.6 Å². The molecule has 0 aliphatic rings. The second-order valence-corrected chi connectivity index (χ2v) is 4.58. The molecular weight excluding hydrogens is 238 g/mol. The van der Waals surface area contributed by atoms with Gasteiger partial charge in [0.1, 0.15) is 11.6 Å². The van der Waals surface area contributed by atoms with Gasteiger partial charge in [0.05, 0.1) is 0 Å². The summed E-state index contributed by atoms with van der Waals surface area (Å²) >= 11 is 0. The van der Waals surface area contributed by atoms with Gasteiger partial charge in [-0.3, -0.25) is 0 Å². The first-order valence-electron chi connectivity index (χ1n) is 5.90. The molecule has 1 aromatic rings. The monoisotopic (exact) mass is 256 g/mol. The van der Waals surface area contributed by atoms with Gasteiger partial charge in [-0.05, 0) is 39.3 Å². The molecule has 3 nitrogen and oxygen atoms in total. The summed E-state index contributed by atoms with van der Waals surface area (Å²) in [6.07, 6.45) is 0.115. The van der Waals surface area contributed by atoms with Crippen LogP contribution in [0.5, 0.6) is 0 Å². The van der Waals surface area contributed by atoms with Gasteiger partial charge in [-0.1, -0.05) is 6.07 Å². The Hall–Kier alpha value is -1.65. The van der Waals surface area contributed by atoms with Crippen molar-refractivity contribution in [1.29, 1.82) is 0 Å². The largest absolute Gasteiger partial charge is 0.336 e. The van der Waals surface area contributed by atoms with Crippen molar-refractivity contribution in [2.45, 2.75) is 39.3 Å². The predicted molar refractivity (Wildman–Crippen MR) is 66.3 cm³/mol. The van der Waals surface area contributed by atoms with E-state index in [1.165, 1.54) is 18.2 Å². The number of carbonyl (C=O) groups is 1. The van der Waals surface area contributed by atoms with E-state index in [2.05, 4.69) is 10.6 Å². The summed E-state index contributed by atoms with van der Waals surface area (Å²) in [5.41, 5.74) is -0.00477. The smallest absolute Gasteiger partial charge is 0.315 e. The van der Waals surface area contributed by atoms with Crippen LogP contribution in [0.4, 0.5) is 13.6 Å². The topological polar surface area (TPSA) is 41.1 Å². The number of benzene rings is 1. The van der Waals surface area contributed by atoms with E-state index in [1.54, 1.807) is 6.92 Å². The molecule has 0 spiro atoms. The van der Waals surface area contributed by atoms with Crippen molar-refractivity contribution in [3.63, 3.8) is 0 Å². The summed E-state index contributed by atoms with van der Waals surface area (Å²) in [7, 11) is 0. The summed E-state index contributed by atoms with van der Waals surface area (Å²) in [4.78, 5) is 11.4. The molecule has 0 saturated carbocycles. The first kappa shape index (κ1) is 14.4. The molecule has 18 heavy (non-hydrogen) atoms. The lowest BCUT2D eigenvalue weighted by molar-refractivity contribution is 0.235. The summed E-state index contributed by atoms with van der Waals surface area (Å²) in [5, 5.41) is 5.28. The maximum absolute atomic E-state index is 13.4. The number of nitrogens with one attached hydrogen (secondary N) is 2. The molecule has 0 aliphatic carbocycles. The molecule has 0 heterocycles. The highest BCUT2D eigenvalue weighted by Gasteiger charge is 2.14. The molecule has 5 heteroatoms. The van der Waals surface area contributed by atoms with Crippen LogP contribution in [0.3, 0.4) is 0 Å². The fraction of sp³-hybridized carbons (Fsp3) is 0.462. The maximum atomic E-state index is 13.4. The Bertz CT molecular complexity index is 401. The van der Waals surface area contributed by atoms with E-state index in [9.17, 15) is 13.6 Å². The zero-order chi connectivity index (χ0) is 13.7. The predicted octanol–water partition coefficient (Wildman–Crippen LogP) is 2.60. The molecule has 0 fully saturated rings. The van der Waals surface area contributed by atoms with Crippen molar-refractivity contribution < 1.29 is 13.6 Å². The third kappa shape index (κ3) is 4.31. The quantitative estimate of drug-likeness (QED) is 0.854. The van der Waals surface area contributed by atoms with Gasteiger partial charge in [0.25, 0.3) is 0 Å². The second-order valence-electron chi connectivity index (χ2n) is 4.58. The van der Waals surface area contributed by atoms with Crippen LogP contribution in [-0.4, -0.2) is 18.1 Å². The minimum atomic E-state index is -0.590. The lowest BCUT2D eigenvalue weighted by Crippen LogP contribution is -2.44. The van der Waals surface area contributed by atoms with E-state index in [-0.39, 0.29) is 30.1 Å². The van der Waals surface area contributed by atoms with E-state index < -0.39 is 11.6 Å².